The predicted octanol–water partition coefficient (Wildman–Crippen LogP) is 5.16. The highest BCUT2D eigenvalue weighted by Gasteiger charge is 2.30. The smallest absolute Gasteiger partial charge is 0.222 e. The minimum absolute atomic E-state index is 0.0721. The van der Waals surface area contributed by atoms with E-state index in [2.05, 4.69) is 48.2 Å². The van der Waals surface area contributed by atoms with Gasteiger partial charge in [-0.25, -0.2) is 4.98 Å². The molecular formula is C27H32ClN7O. The lowest BCUT2D eigenvalue weighted by Gasteiger charge is -2.17. The van der Waals surface area contributed by atoms with Crippen molar-refractivity contribution in [3.63, 3.8) is 0 Å². The Balaban J connectivity index is 1.68. The zero-order valence-corrected chi connectivity index (χ0v) is 22.2. The number of nitrogens with zero attached hydrogens (tertiary/aromatic N) is 6. The maximum Gasteiger partial charge on any atom is 0.222 e. The quantitative estimate of drug-likeness (QED) is 0.428. The number of aromatic nitrogens is 5. The Kier molecular flexibility index (Phi) is 7.84. The molecule has 1 atom stereocenters. The van der Waals surface area contributed by atoms with Gasteiger partial charge in [-0.3, -0.25) is 14.4 Å². The summed E-state index contributed by atoms with van der Waals surface area (Å²) in [4.78, 5) is 22.2. The van der Waals surface area contributed by atoms with Gasteiger partial charge in [0.15, 0.2) is 5.82 Å². The summed E-state index contributed by atoms with van der Waals surface area (Å²) in [6, 6.07) is 7.19. The molecular weight excluding hydrogens is 474 g/mol. The zero-order valence-electron chi connectivity index (χ0n) is 21.4. The molecule has 188 valence electrons. The van der Waals surface area contributed by atoms with Gasteiger partial charge in [-0.15, -0.1) is 10.2 Å². The van der Waals surface area contributed by atoms with Crippen LogP contribution >= 0.6 is 11.6 Å². The summed E-state index contributed by atoms with van der Waals surface area (Å²) in [5.41, 5.74) is 6.09. The molecule has 8 nitrogen and oxygen atoms in total. The normalized spacial score (nSPS) is 15.3. The summed E-state index contributed by atoms with van der Waals surface area (Å²) in [7, 11) is 0. The zero-order chi connectivity index (χ0) is 25.8. The first-order valence-electron chi connectivity index (χ1n) is 12.1. The second kappa shape index (κ2) is 11.0. The van der Waals surface area contributed by atoms with E-state index in [-0.39, 0.29) is 12.3 Å². The number of halogens is 1. The topological polar surface area (TPSA) is 90.0 Å². The van der Waals surface area contributed by atoms with Crippen molar-refractivity contribution in [3.05, 3.63) is 81.9 Å². The first kappa shape index (κ1) is 25.6. The molecule has 9 heteroatoms. The Labute approximate surface area is 216 Å². The third-order valence-corrected chi connectivity index (χ3v) is 6.71. The molecule has 36 heavy (non-hydrogen) atoms. The summed E-state index contributed by atoms with van der Waals surface area (Å²) in [6.07, 6.45) is 6.43. The minimum atomic E-state index is -0.483. The molecule has 1 unspecified atom stereocenters. The fourth-order valence-electron chi connectivity index (χ4n) is 4.39. The van der Waals surface area contributed by atoms with Gasteiger partial charge in [-0.1, -0.05) is 29.3 Å². The van der Waals surface area contributed by atoms with Gasteiger partial charge >= 0.3 is 0 Å². The van der Waals surface area contributed by atoms with Gasteiger partial charge in [0.1, 0.15) is 11.9 Å². The molecule has 0 aliphatic carbocycles. The Bertz CT molecular complexity index is 1330. The molecule has 0 fully saturated rings. The van der Waals surface area contributed by atoms with E-state index in [1.54, 1.807) is 12.5 Å². The van der Waals surface area contributed by atoms with Crippen molar-refractivity contribution in [2.24, 2.45) is 4.99 Å². The minimum Gasteiger partial charge on any atom is -0.356 e. The molecule has 0 saturated heterocycles. The molecule has 1 aliphatic rings. The van der Waals surface area contributed by atoms with Gasteiger partial charge in [-0.2, -0.15) is 0 Å². The Morgan fingerprint density at radius 1 is 1.11 bits per heavy atom. The molecule has 2 aromatic heterocycles. The number of nitrogens with one attached hydrogen (secondary N) is 1. The Morgan fingerprint density at radius 2 is 1.86 bits per heavy atom. The van der Waals surface area contributed by atoms with E-state index in [9.17, 15) is 4.79 Å². The van der Waals surface area contributed by atoms with Crippen LogP contribution in [0.25, 0.3) is 5.70 Å². The molecule has 1 N–H and O–H groups in total. The van der Waals surface area contributed by atoms with Crippen LogP contribution < -0.4 is 5.32 Å². The van der Waals surface area contributed by atoms with Crippen LogP contribution in [-0.4, -0.2) is 42.5 Å². The van der Waals surface area contributed by atoms with Crippen LogP contribution in [0.3, 0.4) is 0 Å². The Hall–Kier alpha value is -3.52. The number of hydrogen-bond donors (Lipinski definition) is 1. The third kappa shape index (κ3) is 5.49. The van der Waals surface area contributed by atoms with Crippen molar-refractivity contribution >= 4 is 28.9 Å². The highest BCUT2D eigenvalue weighted by Crippen LogP contribution is 2.35. The summed E-state index contributed by atoms with van der Waals surface area (Å²) in [5, 5.41) is 12.5. The number of amides is 1. The summed E-state index contributed by atoms with van der Waals surface area (Å²) in [6.45, 7) is 11.6. The van der Waals surface area contributed by atoms with Crippen molar-refractivity contribution in [1.82, 2.24) is 29.6 Å². The van der Waals surface area contributed by atoms with Crippen molar-refractivity contribution in [1.29, 1.82) is 0 Å². The van der Waals surface area contributed by atoms with E-state index in [0.29, 0.717) is 17.4 Å². The first-order valence-corrected chi connectivity index (χ1v) is 12.5. The average Bonchev–Trinajstić information content (AvgIpc) is 3.48. The van der Waals surface area contributed by atoms with Crippen LogP contribution in [0.5, 0.6) is 0 Å². The molecule has 0 spiro atoms. The lowest BCUT2D eigenvalue weighted by atomic mass is 9.92. The van der Waals surface area contributed by atoms with E-state index < -0.39 is 6.04 Å². The number of rotatable bonds is 8. The molecule has 1 aromatic carbocycles. The number of imidazole rings is 1. The highest BCUT2D eigenvalue weighted by molar-refractivity contribution is 6.30. The van der Waals surface area contributed by atoms with Crippen LogP contribution in [0, 0.1) is 6.92 Å². The third-order valence-electron chi connectivity index (χ3n) is 6.46. The van der Waals surface area contributed by atoms with Crippen molar-refractivity contribution in [3.8, 4) is 0 Å². The molecule has 3 aromatic rings. The number of allylic oxidation sites excluding steroid dienone is 4. The van der Waals surface area contributed by atoms with Crippen molar-refractivity contribution in [2.75, 3.05) is 6.54 Å². The van der Waals surface area contributed by atoms with Gasteiger partial charge in [-0.05, 0) is 58.7 Å². The molecule has 4 rings (SSSR count). The maximum atomic E-state index is 13.0. The molecule has 0 radical (unpaired) electrons. The highest BCUT2D eigenvalue weighted by atomic mass is 35.5. The number of aryl methyl sites for hydroxylation is 2. The monoisotopic (exact) mass is 505 g/mol. The lowest BCUT2D eigenvalue weighted by molar-refractivity contribution is -0.121. The number of fused-ring (bicyclic) bond motifs is 1. The molecule has 0 bridgehead atoms. The number of carbonyl (C=O) groups excluding carboxylic acids is 1. The number of benzene rings is 1. The lowest BCUT2D eigenvalue weighted by Crippen LogP contribution is -2.27. The van der Waals surface area contributed by atoms with Crippen LogP contribution in [0.4, 0.5) is 0 Å². The first-order chi connectivity index (χ1) is 17.3. The van der Waals surface area contributed by atoms with Gasteiger partial charge in [0.2, 0.25) is 5.91 Å². The van der Waals surface area contributed by atoms with E-state index in [1.165, 1.54) is 5.57 Å². The summed E-state index contributed by atoms with van der Waals surface area (Å²) >= 11 is 6.19. The fraction of sp³-hybridized carbons (Fsp3) is 0.370. The number of aliphatic imine (C=N–C) groups is 1. The second-order valence-electron chi connectivity index (χ2n) is 9.23. The van der Waals surface area contributed by atoms with Crippen molar-refractivity contribution < 1.29 is 4.79 Å². The van der Waals surface area contributed by atoms with Gasteiger partial charge in [0.05, 0.1) is 18.5 Å². The SMILES string of the molecule is CC(C)=C(C)C1=C(C)n2c(C)nnc2C(CC(=O)NCCCn2ccnc2)N=C1c1ccc(Cl)cc1. The van der Waals surface area contributed by atoms with Gasteiger partial charge < -0.3 is 9.88 Å². The molecule has 0 saturated carbocycles. The van der Waals surface area contributed by atoms with Crippen molar-refractivity contribution in [2.45, 2.75) is 60.0 Å². The fourth-order valence-corrected chi connectivity index (χ4v) is 4.52. The standard InChI is InChI=1S/C27H32ClN7O/c1-17(2)18(3)25-19(4)35-20(5)32-33-27(35)23(31-26(25)21-7-9-22(28)10-8-21)15-24(36)30-11-6-13-34-14-12-29-16-34/h7-10,12,14,16,23H,6,11,13,15H2,1-5H3,(H,30,36). The van der Waals surface area contributed by atoms with Gasteiger partial charge in [0.25, 0.3) is 0 Å². The molecule has 3 heterocycles. The number of carbonyl (C=O) groups is 1. The van der Waals surface area contributed by atoms with Gasteiger partial charge in [0, 0.05) is 47.3 Å². The van der Waals surface area contributed by atoms with Crippen LogP contribution in [-0.2, 0) is 11.3 Å². The predicted molar refractivity (Wildman–Crippen MR) is 143 cm³/mol. The second-order valence-corrected chi connectivity index (χ2v) is 9.67. The van der Waals surface area contributed by atoms with E-state index in [4.69, 9.17) is 16.6 Å². The largest absolute Gasteiger partial charge is 0.356 e. The molecule has 1 aliphatic heterocycles. The summed E-state index contributed by atoms with van der Waals surface area (Å²) < 4.78 is 4.03. The maximum absolute atomic E-state index is 13.0. The number of hydrogen-bond acceptors (Lipinski definition) is 5. The van der Waals surface area contributed by atoms with E-state index in [0.717, 1.165) is 46.9 Å². The van der Waals surface area contributed by atoms with Crippen LogP contribution in [0.15, 0.2) is 64.7 Å². The summed E-state index contributed by atoms with van der Waals surface area (Å²) in [5.74, 6) is 1.36. The van der Waals surface area contributed by atoms with Crippen LogP contribution in [0.1, 0.15) is 63.8 Å². The van der Waals surface area contributed by atoms with Crippen LogP contribution in [0.2, 0.25) is 5.02 Å². The van der Waals surface area contributed by atoms with E-state index in [1.807, 2.05) is 46.5 Å². The molecule has 1 amide bonds. The average molecular weight is 506 g/mol. The van der Waals surface area contributed by atoms with E-state index >= 15 is 0 Å². The Morgan fingerprint density at radius 3 is 2.53 bits per heavy atom.